The van der Waals surface area contributed by atoms with E-state index in [1.54, 1.807) is 6.26 Å². The second-order valence-corrected chi connectivity index (χ2v) is 7.40. The predicted octanol–water partition coefficient (Wildman–Crippen LogP) is 3.19. The third kappa shape index (κ3) is 3.35. The van der Waals surface area contributed by atoms with E-state index in [4.69, 9.17) is 4.42 Å². The van der Waals surface area contributed by atoms with Gasteiger partial charge in [0, 0.05) is 25.7 Å². The maximum absolute atomic E-state index is 5.65. The SMILES string of the molecule is CC(C)(C)C1CCN(c2nc(CNC3CC3)co2)CC1. The standard InChI is InChI=1S/C16H27N3O/c1-16(2,3)12-6-8-19(9-7-12)15-18-14(11-20-15)10-17-13-4-5-13/h11-13,17H,4-10H2,1-3H3. The van der Waals surface area contributed by atoms with Crippen molar-refractivity contribution in [2.45, 2.75) is 59.0 Å². The average molecular weight is 277 g/mol. The van der Waals surface area contributed by atoms with Crippen LogP contribution in [0.4, 0.5) is 6.01 Å². The van der Waals surface area contributed by atoms with Crippen LogP contribution in [0, 0.1) is 11.3 Å². The number of rotatable bonds is 4. The fourth-order valence-corrected chi connectivity index (χ4v) is 3.00. The molecule has 112 valence electrons. The summed E-state index contributed by atoms with van der Waals surface area (Å²) in [5.41, 5.74) is 1.45. The van der Waals surface area contributed by atoms with Crippen molar-refractivity contribution in [1.29, 1.82) is 0 Å². The first kappa shape index (κ1) is 13.9. The largest absolute Gasteiger partial charge is 0.432 e. The molecule has 1 N–H and O–H groups in total. The first-order valence-electron chi connectivity index (χ1n) is 7.95. The molecule has 0 unspecified atom stereocenters. The molecule has 3 rings (SSSR count). The van der Waals surface area contributed by atoms with Crippen molar-refractivity contribution in [3.05, 3.63) is 12.0 Å². The van der Waals surface area contributed by atoms with Gasteiger partial charge < -0.3 is 14.6 Å². The summed E-state index contributed by atoms with van der Waals surface area (Å²) in [6.45, 7) is 10.0. The molecule has 0 aromatic carbocycles. The lowest BCUT2D eigenvalue weighted by Gasteiger charge is -2.38. The van der Waals surface area contributed by atoms with E-state index >= 15 is 0 Å². The Labute approximate surface area is 121 Å². The second-order valence-electron chi connectivity index (χ2n) is 7.40. The first-order valence-corrected chi connectivity index (χ1v) is 7.95. The third-order valence-corrected chi connectivity index (χ3v) is 4.68. The van der Waals surface area contributed by atoms with Crippen molar-refractivity contribution in [2.24, 2.45) is 11.3 Å². The molecular weight excluding hydrogens is 250 g/mol. The summed E-state index contributed by atoms with van der Waals surface area (Å²) < 4.78 is 5.65. The van der Waals surface area contributed by atoms with Gasteiger partial charge >= 0.3 is 0 Å². The summed E-state index contributed by atoms with van der Waals surface area (Å²) in [5, 5.41) is 3.48. The molecule has 4 heteroatoms. The summed E-state index contributed by atoms with van der Waals surface area (Å²) in [4.78, 5) is 6.91. The van der Waals surface area contributed by atoms with E-state index in [9.17, 15) is 0 Å². The molecule has 4 nitrogen and oxygen atoms in total. The van der Waals surface area contributed by atoms with Crippen LogP contribution in [0.5, 0.6) is 0 Å². The van der Waals surface area contributed by atoms with Gasteiger partial charge in [0.05, 0.1) is 5.69 Å². The maximum Gasteiger partial charge on any atom is 0.297 e. The van der Waals surface area contributed by atoms with Crippen molar-refractivity contribution in [3.63, 3.8) is 0 Å². The zero-order chi connectivity index (χ0) is 14.2. The van der Waals surface area contributed by atoms with Crippen molar-refractivity contribution in [2.75, 3.05) is 18.0 Å². The van der Waals surface area contributed by atoms with Gasteiger partial charge in [-0.15, -0.1) is 0 Å². The molecule has 1 aliphatic carbocycles. The van der Waals surface area contributed by atoms with Gasteiger partial charge in [0.2, 0.25) is 0 Å². The van der Waals surface area contributed by atoms with E-state index in [0.29, 0.717) is 5.41 Å². The highest BCUT2D eigenvalue weighted by molar-refractivity contribution is 5.27. The Balaban J connectivity index is 1.52. The first-order chi connectivity index (χ1) is 9.52. The Morgan fingerprint density at radius 2 is 1.95 bits per heavy atom. The molecule has 2 aliphatic rings. The minimum atomic E-state index is 0.419. The topological polar surface area (TPSA) is 41.3 Å². The maximum atomic E-state index is 5.65. The minimum absolute atomic E-state index is 0.419. The lowest BCUT2D eigenvalue weighted by atomic mass is 9.75. The van der Waals surface area contributed by atoms with Crippen molar-refractivity contribution < 1.29 is 4.42 Å². The predicted molar refractivity (Wildman–Crippen MR) is 80.8 cm³/mol. The Bertz CT molecular complexity index is 437. The molecule has 1 aliphatic heterocycles. The van der Waals surface area contributed by atoms with Crippen molar-refractivity contribution in [1.82, 2.24) is 10.3 Å². The molecule has 1 saturated heterocycles. The van der Waals surface area contributed by atoms with Gasteiger partial charge in [-0.1, -0.05) is 20.8 Å². The Kier molecular flexibility index (Phi) is 3.76. The zero-order valence-corrected chi connectivity index (χ0v) is 13.0. The van der Waals surface area contributed by atoms with Gasteiger partial charge in [0.15, 0.2) is 0 Å². The molecular formula is C16H27N3O. The number of nitrogens with one attached hydrogen (secondary N) is 1. The lowest BCUT2D eigenvalue weighted by molar-refractivity contribution is 0.196. The van der Waals surface area contributed by atoms with Crippen molar-refractivity contribution >= 4 is 6.01 Å². The summed E-state index contributed by atoms with van der Waals surface area (Å²) in [6.07, 6.45) is 6.90. The van der Waals surface area contributed by atoms with E-state index in [0.717, 1.165) is 43.3 Å². The summed E-state index contributed by atoms with van der Waals surface area (Å²) in [7, 11) is 0. The molecule has 1 aromatic rings. The van der Waals surface area contributed by atoms with E-state index < -0.39 is 0 Å². The molecule has 2 heterocycles. The highest BCUT2D eigenvalue weighted by atomic mass is 16.4. The number of hydrogen-bond donors (Lipinski definition) is 1. The highest BCUT2D eigenvalue weighted by Crippen LogP contribution is 2.35. The molecule has 0 spiro atoms. The number of piperidine rings is 1. The Morgan fingerprint density at radius 3 is 2.55 bits per heavy atom. The second kappa shape index (κ2) is 5.40. The molecule has 0 amide bonds. The van der Waals surface area contributed by atoms with Crippen LogP contribution in [0.15, 0.2) is 10.7 Å². The van der Waals surface area contributed by atoms with Crippen LogP contribution in [0.25, 0.3) is 0 Å². The highest BCUT2D eigenvalue weighted by Gasteiger charge is 2.30. The number of hydrogen-bond acceptors (Lipinski definition) is 4. The van der Waals surface area contributed by atoms with Crippen LogP contribution < -0.4 is 10.2 Å². The number of oxazole rings is 1. The number of aromatic nitrogens is 1. The van der Waals surface area contributed by atoms with Crippen LogP contribution in [0.2, 0.25) is 0 Å². The van der Waals surface area contributed by atoms with Gasteiger partial charge in [-0.2, -0.15) is 4.98 Å². The number of anilines is 1. The Morgan fingerprint density at radius 1 is 1.25 bits per heavy atom. The summed E-state index contributed by atoms with van der Waals surface area (Å²) in [5.74, 6) is 0.810. The van der Waals surface area contributed by atoms with E-state index in [1.807, 2.05) is 0 Å². The minimum Gasteiger partial charge on any atom is -0.432 e. The lowest BCUT2D eigenvalue weighted by Crippen LogP contribution is -2.38. The Hall–Kier alpha value is -1.03. The van der Waals surface area contributed by atoms with Gasteiger partial charge in [0.1, 0.15) is 6.26 Å². The fourth-order valence-electron chi connectivity index (χ4n) is 3.00. The van der Waals surface area contributed by atoms with Gasteiger partial charge in [-0.05, 0) is 37.0 Å². The molecule has 0 radical (unpaired) electrons. The van der Waals surface area contributed by atoms with E-state index in [2.05, 4.69) is 36.0 Å². The smallest absolute Gasteiger partial charge is 0.297 e. The molecule has 0 bridgehead atoms. The quantitative estimate of drug-likeness (QED) is 0.917. The zero-order valence-electron chi connectivity index (χ0n) is 13.0. The van der Waals surface area contributed by atoms with Crippen LogP contribution in [0.1, 0.15) is 52.1 Å². The van der Waals surface area contributed by atoms with Crippen molar-refractivity contribution in [3.8, 4) is 0 Å². The van der Waals surface area contributed by atoms with Crippen LogP contribution >= 0.6 is 0 Å². The molecule has 0 atom stereocenters. The van der Waals surface area contributed by atoms with Gasteiger partial charge in [0.25, 0.3) is 6.01 Å². The summed E-state index contributed by atoms with van der Waals surface area (Å²) in [6, 6.07) is 1.53. The molecule has 1 saturated carbocycles. The molecule has 2 fully saturated rings. The molecule has 20 heavy (non-hydrogen) atoms. The summed E-state index contributed by atoms with van der Waals surface area (Å²) >= 11 is 0. The number of nitrogens with zero attached hydrogens (tertiary/aromatic N) is 2. The van der Waals surface area contributed by atoms with Crippen LogP contribution in [0.3, 0.4) is 0 Å². The molecule has 1 aromatic heterocycles. The van der Waals surface area contributed by atoms with E-state index in [-0.39, 0.29) is 0 Å². The normalized spacial score (nSPS) is 21.4. The van der Waals surface area contributed by atoms with Gasteiger partial charge in [-0.3, -0.25) is 0 Å². The monoisotopic (exact) mass is 277 g/mol. The fraction of sp³-hybridized carbons (Fsp3) is 0.812. The van der Waals surface area contributed by atoms with Gasteiger partial charge in [-0.25, -0.2) is 0 Å². The average Bonchev–Trinajstić information content (AvgIpc) is 3.13. The van der Waals surface area contributed by atoms with E-state index in [1.165, 1.54) is 25.7 Å². The third-order valence-electron chi connectivity index (χ3n) is 4.68. The van der Waals surface area contributed by atoms with Crippen LogP contribution in [-0.2, 0) is 6.54 Å². The van der Waals surface area contributed by atoms with Crippen LogP contribution in [-0.4, -0.2) is 24.1 Å².